The van der Waals surface area contributed by atoms with Crippen molar-refractivity contribution in [2.75, 3.05) is 18.4 Å². The fourth-order valence-corrected chi connectivity index (χ4v) is 4.38. The van der Waals surface area contributed by atoms with Crippen molar-refractivity contribution in [3.63, 3.8) is 0 Å². The molecule has 37 heavy (non-hydrogen) atoms. The van der Waals surface area contributed by atoms with Crippen molar-refractivity contribution < 1.29 is 14.0 Å². The number of nitrogens with zero attached hydrogens (tertiary/aromatic N) is 2. The number of carbonyl (C=O) groups is 2. The van der Waals surface area contributed by atoms with E-state index in [9.17, 15) is 14.0 Å². The lowest BCUT2D eigenvalue weighted by Gasteiger charge is -2.30. The molecule has 2 N–H and O–H groups in total. The van der Waals surface area contributed by atoms with Gasteiger partial charge in [0.15, 0.2) is 0 Å². The van der Waals surface area contributed by atoms with Crippen LogP contribution in [0, 0.1) is 5.82 Å². The van der Waals surface area contributed by atoms with Crippen LogP contribution in [0.5, 0.6) is 0 Å². The van der Waals surface area contributed by atoms with E-state index < -0.39 is 0 Å². The molecule has 0 saturated heterocycles. The number of benzene rings is 3. The molecular weight excluding hydrogens is 491 g/mol. The van der Waals surface area contributed by atoms with Crippen LogP contribution >= 0.6 is 11.6 Å². The van der Waals surface area contributed by atoms with Gasteiger partial charge in [-0.25, -0.2) is 9.18 Å². The Bertz CT molecular complexity index is 1370. The quantitative estimate of drug-likeness (QED) is 0.265. The van der Waals surface area contributed by atoms with Gasteiger partial charge in [0.2, 0.25) is 5.91 Å². The first-order chi connectivity index (χ1) is 17.8. The van der Waals surface area contributed by atoms with Crippen molar-refractivity contribution in [3.8, 4) is 0 Å². The van der Waals surface area contributed by atoms with E-state index in [1.54, 1.807) is 41.3 Å². The molecule has 0 fully saturated rings. The summed E-state index contributed by atoms with van der Waals surface area (Å²) in [5, 5.41) is 4.44. The van der Waals surface area contributed by atoms with Crippen molar-refractivity contribution in [2.45, 2.75) is 32.9 Å². The Kier molecular flexibility index (Phi) is 8.46. The lowest BCUT2D eigenvalue weighted by atomic mass is 10.1. The molecule has 0 unspecified atom stereocenters. The van der Waals surface area contributed by atoms with Gasteiger partial charge < -0.3 is 20.1 Å². The number of rotatable bonds is 9. The van der Waals surface area contributed by atoms with Crippen LogP contribution in [0.25, 0.3) is 10.9 Å². The van der Waals surface area contributed by atoms with E-state index in [1.807, 2.05) is 44.3 Å². The summed E-state index contributed by atoms with van der Waals surface area (Å²) >= 11 is 6.05. The minimum Gasteiger partial charge on any atom is -0.361 e. The minimum atomic E-state index is -0.385. The van der Waals surface area contributed by atoms with Gasteiger partial charge in [0.25, 0.3) is 0 Å². The zero-order valence-corrected chi connectivity index (χ0v) is 21.6. The second kappa shape index (κ2) is 11.9. The van der Waals surface area contributed by atoms with E-state index in [2.05, 4.69) is 10.3 Å². The number of halogens is 2. The predicted molar refractivity (Wildman–Crippen MR) is 146 cm³/mol. The Morgan fingerprint density at radius 1 is 1.03 bits per heavy atom. The molecule has 0 bridgehead atoms. The van der Waals surface area contributed by atoms with Gasteiger partial charge in [0, 0.05) is 46.9 Å². The number of nitrogens with one attached hydrogen (secondary N) is 2. The maximum atomic E-state index is 13.6. The fraction of sp³-hybridized carbons (Fsp3) is 0.241. The van der Waals surface area contributed by atoms with Crippen LogP contribution in [0.2, 0.25) is 5.02 Å². The second-order valence-corrected chi connectivity index (χ2v) is 9.65. The van der Waals surface area contributed by atoms with Crippen LogP contribution < -0.4 is 5.32 Å². The molecule has 0 saturated carbocycles. The number of carbonyl (C=O) groups excluding carboxylic acids is 2. The Morgan fingerprint density at radius 3 is 2.51 bits per heavy atom. The van der Waals surface area contributed by atoms with Crippen molar-refractivity contribution in [1.29, 1.82) is 0 Å². The lowest BCUT2D eigenvalue weighted by Crippen LogP contribution is -2.47. The Hall–Kier alpha value is -3.84. The molecule has 1 heterocycles. The third kappa shape index (κ3) is 6.89. The molecule has 6 nitrogen and oxygen atoms in total. The largest absolute Gasteiger partial charge is 0.361 e. The summed E-state index contributed by atoms with van der Waals surface area (Å²) in [5.74, 6) is -0.525. The van der Waals surface area contributed by atoms with Gasteiger partial charge in [0.05, 0.1) is 0 Å². The van der Waals surface area contributed by atoms with Crippen LogP contribution in [-0.4, -0.2) is 45.9 Å². The number of hydrogen-bond acceptors (Lipinski definition) is 2. The van der Waals surface area contributed by atoms with Crippen molar-refractivity contribution in [1.82, 2.24) is 14.8 Å². The molecule has 0 aliphatic rings. The Labute approximate surface area is 221 Å². The SMILES string of the molecule is CC(C)N(CC(=O)N(CCc1c[nH]c2ccccc12)Cc1ccc(F)cc1)C(=O)Nc1cccc(Cl)c1. The predicted octanol–water partition coefficient (Wildman–Crippen LogP) is 6.47. The van der Waals surface area contributed by atoms with Gasteiger partial charge in [-0.15, -0.1) is 0 Å². The number of urea groups is 1. The van der Waals surface area contributed by atoms with Gasteiger partial charge in [-0.05, 0) is 67.8 Å². The van der Waals surface area contributed by atoms with E-state index >= 15 is 0 Å². The van der Waals surface area contributed by atoms with Gasteiger partial charge in [0.1, 0.15) is 12.4 Å². The van der Waals surface area contributed by atoms with Crippen molar-refractivity contribution >= 4 is 40.1 Å². The molecule has 3 aromatic carbocycles. The van der Waals surface area contributed by atoms with Crippen LogP contribution in [0.4, 0.5) is 14.9 Å². The van der Waals surface area contributed by atoms with Crippen LogP contribution in [0.15, 0.2) is 79.0 Å². The molecule has 0 spiro atoms. The van der Waals surface area contributed by atoms with Crippen LogP contribution in [0.1, 0.15) is 25.0 Å². The molecule has 0 radical (unpaired) electrons. The number of H-pyrrole nitrogens is 1. The molecule has 4 aromatic rings. The number of hydrogen-bond donors (Lipinski definition) is 2. The second-order valence-electron chi connectivity index (χ2n) is 9.21. The Morgan fingerprint density at radius 2 is 1.78 bits per heavy atom. The highest BCUT2D eigenvalue weighted by atomic mass is 35.5. The van der Waals surface area contributed by atoms with Crippen LogP contribution in [-0.2, 0) is 17.8 Å². The first-order valence-electron chi connectivity index (χ1n) is 12.2. The summed E-state index contributed by atoms with van der Waals surface area (Å²) in [6, 6.07) is 20.4. The summed E-state index contributed by atoms with van der Waals surface area (Å²) < 4.78 is 13.5. The molecule has 0 aliphatic heterocycles. The Balaban J connectivity index is 1.51. The van der Waals surface area contributed by atoms with Gasteiger partial charge in [-0.3, -0.25) is 4.79 Å². The summed E-state index contributed by atoms with van der Waals surface area (Å²) in [6.45, 7) is 4.38. The molecule has 8 heteroatoms. The highest BCUT2D eigenvalue weighted by molar-refractivity contribution is 6.30. The summed E-state index contributed by atoms with van der Waals surface area (Å²) in [7, 11) is 0. The number of anilines is 1. The molecule has 0 atom stereocenters. The van der Waals surface area contributed by atoms with E-state index in [0.717, 1.165) is 22.0 Å². The molecule has 3 amide bonds. The maximum absolute atomic E-state index is 13.6. The smallest absolute Gasteiger partial charge is 0.322 e. The number of para-hydroxylation sites is 1. The number of aromatic amines is 1. The minimum absolute atomic E-state index is 0.0981. The molecule has 0 aliphatic carbocycles. The lowest BCUT2D eigenvalue weighted by molar-refractivity contribution is -0.132. The maximum Gasteiger partial charge on any atom is 0.322 e. The zero-order chi connectivity index (χ0) is 26.4. The molecule has 192 valence electrons. The average Bonchev–Trinajstić information content (AvgIpc) is 3.29. The van der Waals surface area contributed by atoms with Crippen molar-refractivity contribution in [3.05, 3.63) is 101 Å². The number of aromatic nitrogens is 1. The van der Waals surface area contributed by atoms with Crippen LogP contribution in [0.3, 0.4) is 0 Å². The molecule has 1 aromatic heterocycles. The first kappa shape index (κ1) is 26.2. The third-order valence-corrected chi connectivity index (χ3v) is 6.47. The van der Waals surface area contributed by atoms with Gasteiger partial charge in [-0.2, -0.15) is 0 Å². The highest BCUT2D eigenvalue weighted by Gasteiger charge is 2.24. The van der Waals surface area contributed by atoms with E-state index in [4.69, 9.17) is 11.6 Å². The van der Waals surface area contributed by atoms with E-state index in [-0.39, 0.29) is 30.3 Å². The number of amides is 3. The summed E-state index contributed by atoms with van der Waals surface area (Å²) in [5.41, 5.74) is 3.51. The van der Waals surface area contributed by atoms with E-state index in [0.29, 0.717) is 30.2 Å². The fourth-order valence-electron chi connectivity index (χ4n) is 4.19. The first-order valence-corrected chi connectivity index (χ1v) is 12.6. The summed E-state index contributed by atoms with van der Waals surface area (Å²) in [6.07, 6.45) is 2.59. The molecule has 4 rings (SSSR count). The molecular formula is C29H30ClFN4O2. The average molecular weight is 521 g/mol. The van der Waals surface area contributed by atoms with E-state index in [1.165, 1.54) is 17.0 Å². The monoisotopic (exact) mass is 520 g/mol. The zero-order valence-electron chi connectivity index (χ0n) is 20.9. The summed E-state index contributed by atoms with van der Waals surface area (Å²) in [4.78, 5) is 33.1. The topological polar surface area (TPSA) is 68.4 Å². The van der Waals surface area contributed by atoms with Gasteiger partial charge >= 0.3 is 6.03 Å². The van der Waals surface area contributed by atoms with Gasteiger partial charge in [-0.1, -0.05) is 48.0 Å². The third-order valence-electron chi connectivity index (χ3n) is 6.23. The number of fused-ring (bicyclic) bond motifs is 1. The standard InChI is InChI=1S/C29H30ClFN4O2/c1-20(2)35(29(37)33-25-7-5-6-23(30)16-25)19-28(36)34(18-21-10-12-24(31)13-11-21)15-14-22-17-32-27-9-4-3-8-26(22)27/h3-13,16-17,20,32H,14-15,18-19H2,1-2H3,(H,33,37). The van der Waals surface area contributed by atoms with Crippen molar-refractivity contribution in [2.24, 2.45) is 0 Å². The normalized spacial score (nSPS) is 11.1. The highest BCUT2D eigenvalue weighted by Crippen LogP contribution is 2.20.